The monoisotopic (exact) mass is 522 g/mol. The SMILES string of the molecule is CO[C@@H](CC/C=C/C(=O)NO)[C@@H](OC(=O)Nc1ccc(Br)cc1)c1ccccc1OCCO. The molecular formula is C23H27BrN2O7. The van der Waals surface area contributed by atoms with Crippen molar-refractivity contribution in [3.63, 3.8) is 0 Å². The van der Waals surface area contributed by atoms with Gasteiger partial charge in [-0.05, 0) is 43.2 Å². The highest BCUT2D eigenvalue weighted by Gasteiger charge is 2.29. The maximum Gasteiger partial charge on any atom is 0.412 e. The molecule has 9 nitrogen and oxygen atoms in total. The van der Waals surface area contributed by atoms with E-state index in [0.29, 0.717) is 29.8 Å². The number of hydroxylamine groups is 1. The van der Waals surface area contributed by atoms with Crippen molar-refractivity contribution in [2.45, 2.75) is 25.0 Å². The van der Waals surface area contributed by atoms with Crippen molar-refractivity contribution in [1.29, 1.82) is 0 Å². The number of methoxy groups -OCH3 is 1. The van der Waals surface area contributed by atoms with Crippen LogP contribution in [-0.2, 0) is 14.3 Å². The summed E-state index contributed by atoms with van der Waals surface area (Å²) < 4.78 is 17.9. The number of carbonyl (C=O) groups excluding carboxylic acids is 2. The Balaban J connectivity index is 2.24. The van der Waals surface area contributed by atoms with Crippen molar-refractivity contribution in [3.05, 3.63) is 70.7 Å². The molecule has 0 radical (unpaired) electrons. The Morgan fingerprint density at radius 1 is 1.15 bits per heavy atom. The molecule has 2 atom stereocenters. The highest BCUT2D eigenvalue weighted by atomic mass is 79.9. The lowest BCUT2D eigenvalue weighted by Gasteiger charge is -2.27. The third-order valence-electron chi connectivity index (χ3n) is 4.54. The summed E-state index contributed by atoms with van der Waals surface area (Å²) >= 11 is 3.35. The highest BCUT2D eigenvalue weighted by Crippen LogP contribution is 2.33. The van der Waals surface area contributed by atoms with E-state index in [1.165, 1.54) is 18.7 Å². The van der Waals surface area contributed by atoms with Gasteiger partial charge in [-0.1, -0.05) is 40.2 Å². The van der Waals surface area contributed by atoms with Crippen LogP contribution in [0.2, 0.25) is 0 Å². The number of rotatable bonds is 12. The number of halogens is 1. The van der Waals surface area contributed by atoms with Gasteiger partial charge in [-0.3, -0.25) is 15.3 Å². The third kappa shape index (κ3) is 8.85. The van der Waals surface area contributed by atoms with Gasteiger partial charge in [0.05, 0.1) is 12.7 Å². The fourth-order valence-corrected chi connectivity index (χ4v) is 3.28. The van der Waals surface area contributed by atoms with Gasteiger partial charge in [0.25, 0.3) is 5.91 Å². The molecule has 0 aliphatic carbocycles. The first-order valence-corrected chi connectivity index (χ1v) is 11.0. The van der Waals surface area contributed by atoms with Crippen molar-refractivity contribution >= 4 is 33.6 Å². The van der Waals surface area contributed by atoms with E-state index in [1.807, 2.05) is 0 Å². The molecule has 0 spiro atoms. The molecule has 2 aromatic carbocycles. The molecular weight excluding hydrogens is 496 g/mol. The Morgan fingerprint density at radius 2 is 1.88 bits per heavy atom. The van der Waals surface area contributed by atoms with Crippen LogP contribution in [0.5, 0.6) is 5.75 Å². The first-order chi connectivity index (χ1) is 16.0. The van der Waals surface area contributed by atoms with Gasteiger partial charge in [-0.15, -0.1) is 0 Å². The number of benzene rings is 2. The molecule has 2 rings (SSSR count). The fourth-order valence-electron chi connectivity index (χ4n) is 3.02. The molecule has 178 valence electrons. The van der Waals surface area contributed by atoms with Gasteiger partial charge in [0.1, 0.15) is 12.4 Å². The quantitative estimate of drug-likeness (QED) is 0.188. The van der Waals surface area contributed by atoms with Crippen LogP contribution in [0.4, 0.5) is 10.5 Å². The van der Waals surface area contributed by atoms with Crippen LogP contribution in [0.15, 0.2) is 65.2 Å². The van der Waals surface area contributed by atoms with Crippen LogP contribution in [-0.4, -0.2) is 48.7 Å². The average molecular weight is 523 g/mol. The molecule has 0 fully saturated rings. The second-order valence-corrected chi connectivity index (χ2v) is 7.71. The lowest BCUT2D eigenvalue weighted by molar-refractivity contribution is -0.124. The van der Waals surface area contributed by atoms with E-state index in [1.54, 1.807) is 54.6 Å². The third-order valence-corrected chi connectivity index (χ3v) is 5.07. The normalized spacial score (nSPS) is 12.7. The number of hydrogen-bond acceptors (Lipinski definition) is 7. The number of aliphatic hydroxyl groups is 1. The molecule has 4 N–H and O–H groups in total. The lowest BCUT2D eigenvalue weighted by Crippen LogP contribution is -2.28. The van der Waals surface area contributed by atoms with Crippen LogP contribution in [0.25, 0.3) is 0 Å². The minimum atomic E-state index is -0.847. The van der Waals surface area contributed by atoms with E-state index in [0.717, 1.165) is 4.47 Å². The van der Waals surface area contributed by atoms with Crippen LogP contribution >= 0.6 is 15.9 Å². The number of para-hydroxylation sites is 1. The van der Waals surface area contributed by atoms with Crippen molar-refractivity contribution in [2.24, 2.45) is 0 Å². The Bertz CT molecular complexity index is 921. The number of hydrogen-bond donors (Lipinski definition) is 4. The lowest BCUT2D eigenvalue weighted by atomic mass is 9.99. The second-order valence-electron chi connectivity index (χ2n) is 6.80. The molecule has 0 heterocycles. The largest absolute Gasteiger partial charge is 0.491 e. The molecule has 2 amide bonds. The zero-order valence-electron chi connectivity index (χ0n) is 18.1. The standard InChI is InChI=1S/C23H27BrN2O7/c1-31-20(8-4-5-9-21(28)26-30)22(18-6-2-3-7-19(18)32-15-14-27)33-23(29)25-17-12-10-16(24)11-13-17/h2-3,5-7,9-13,20,22,27,30H,4,8,14-15H2,1H3,(H,25,29)(H,26,28)/b9-5+/t20-,22-/m0/s1. The Kier molecular flexibility index (Phi) is 11.4. The Hall–Kier alpha value is -2.92. The van der Waals surface area contributed by atoms with Crippen molar-refractivity contribution in [1.82, 2.24) is 5.48 Å². The van der Waals surface area contributed by atoms with Crippen molar-refractivity contribution in [2.75, 3.05) is 25.6 Å². The summed E-state index contributed by atoms with van der Waals surface area (Å²) in [6, 6.07) is 14.1. The smallest absolute Gasteiger partial charge is 0.412 e. The van der Waals surface area contributed by atoms with Gasteiger partial charge >= 0.3 is 6.09 Å². The van der Waals surface area contributed by atoms with E-state index in [9.17, 15) is 9.59 Å². The van der Waals surface area contributed by atoms with Crippen LogP contribution < -0.4 is 15.5 Å². The summed E-state index contributed by atoms with van der Waals surface area (Å²) in [6.07, 6.45) is 1.47. The highest BCUT2D eigenvalue weighted by molar-refractivity contribution is 9.10. The van der Waals surface area contributed by atoms with Crippen LogP contribution in [0.1, 0.15) is 24.5 Å². The average Bonchev–Trinajstić information content (AvgIpc) is 2.83. The van der Waals surface area contributed by atoms with Gasteiger partial charge in [0.15, 0.2) is 6.10 Å². The van der Waals surface area contributed by atoms with Crippen molar-refractivity contribution in [3.8, 4) is 5.75 Å². The number of anilines is 1. The minimum Gasteiger partial charge on any atom is -0.491 e. The molecule has 0 saturated heterocycles. The zero-order valence-corrected chi connectivity index (χ0v) is 19.7. The fraction of sp³-hybridized carbons (Fsp3) is 0.304. The second kappa shape index (κ2) is 14.3. The van der Waals surface area contributed by atoms with E-state index >= 15 is 0 Å². The molecule has 0 aliphatic rings. The zero-order chi connectivity index (χ0) is 24.1. The predicted molar refractivity (Wildman–Crippen MR) is 125 cm³/mol. The van der Waals surface area contributed by atoms with Crippen LogP contribution in [0, 0.1) is 0 Å². The van der Waals surface area contributed by atoms with E-state index < -0.39 is 24.2 Å². The topological polar surface area (TPSA) is 126 Å². The number of aliphatic hydroxyl groups excluding tert-OH is 1. The van der Waals surface area contributed by atoms with Gasteiger partial charge in [0, 0.05) is 28.9 Å². The van der Waals surface area contributed by atoms with Crippen LogP contribution in [0.3, 0.4) is 0 Å². The minimum absolute atomic E-state index is 0.0749. The maximum atomic E-state index is 12.7. The molecule has 0 bridgehead atoms. The summed E-state index contributed by atoms with van der Waals surface area (Å²) in [5.41, 5.74) is 2.65. The van der Waals surface area contributed by atoms with Gasteiger partial charge < -0.3 is 19.3 Å². The number of amides is 2. The Morgan fingerprint density at radius 3 is 2.55 bits per heavy atom. The maximum absolute atomic E-state index is 12.7. The van der Waals surface area contributed by atoms with E-state index in [4.69, 9.17) is 24.5 Å². The summed E-state index contributed by atoms with van der Waals surface area (Å²) in [5, 5.41) is 20.4. The number of ether oxygens (including phenoxy) is 3. The first kappa shape index (κ1) is 26.3. The molecule has 10 heteroatoms. The van der Waals surface area contributed by atoms with Crippen molar-refractivity contribution < 1.29 is 34.1 Å². The molecule has 0 saturated carbocycles. The number of nitrogens with one attached hydrogen (secondary N) is 2. The predicted octanol–water partition coefficient (Wildman–Crippen LogP) is 3.97. The summed E-state index contributed by atoms with van der Waals surface area (Å²) in [7, 11) is 1.50. The number of carbonyl (C=O) groups is 2. The van der Waals surface area contributed by atoms with E-state index in [-0.39, 0.29) is 13.2 Å². The van der Waals surface area contributed by atoms with Gasteiger partial charge in [-0.2, -0.15) is 0 Å². The molecule has 0 aromatic heterocycles. The summed E-state index contributed by atoms with van der Waals surface area (Å²) in [5.74, 6) is -0.196. The Labute approximate surface area is 200 Å². The molecule has 0 aliphatic heterocycles. The van der Waals surface area contributed by atoms with Gasteiger partial charge in [0.2, 0.25) is 0 Å². The summed E-state index contributed by atoms with van der Waals surface area (Å²) in [6.45, 7) is -0.0964. The van der Waals surface area contributed by atoms with E-state index in [2.05, 4.69) is 21.2 Å². The first-order valence-electron chi connectivity index (χ1n) is 10.2. The molecule has 2 aromatic rings. The number of allylic oxidation sites excluding steroid dienone is 1. The summed E-state index contributed by atoms with van der Waals surface area (Å²) in [4.78, 5) is 23.9. The van der Waals surface area contributed by atoms with Gasteiger partial charge in [-0.25, -0.2) is 10.3 Å². The molecule has 33 heavy (non-hydrogen) atoms. The molecule has 0 unspecified atom stereocenters.